The molecule has 94 valence electrons. The summed E-state index contributed by atoms with van der Waals surface area (Å²) in [7, 11) is 0. The van der Waals surface area contributed by atoms with Gasteiger partial charge in [-0.05, 0) is 20.8 Å². The third kappa shape index (κ3) is 2.66. The van der Waals surface area contributed by atoms with Gasteiger partial charge in [0.05, 0.1) is 12.2 Å². The summed E-state index contributed by atoms with van der Waals surface area (Å²) in [6, 6.07) is 0.494. The van der Waals surface area contributed by atoms with Gasteiger partial charge in [-0.25, -0.2) is 9.97 Å². The molecule has 0 bridgehead atoms. The Kier molecular flexibility index (Phi) is 3.78. The van der Waals surface area contributed by atoms with Crippen molar-refractivity contribution in [3.05, 3.63) is 11.9 Å². The molecule has 1 aliphatic rings. The highest BCUT2D eigenvalue weighted by Gasteiger charge is 2.20. The molecule has 17 heavy (non-hydrogen) atoms. The second-order valence-electron chi connectivity index (χ2n) is 4.36. The van der Waals surface area contributed by atoms with E-state index in [2.05, 4.69) is 27.1 Å². The van der Waals surface area contributed by atoms with Crippen molar-refractivity contribution >= 4 is 5.82 Å². The summed E-state index contributed by atoms with van der Waals surface area (Å²) in [4.78, 5) is 10.8. The van der Waals surface area contributed by atoms with E-state index in [1.165, 1.54) is 0 Å². The quantitative estimate of drug-likeness (QED) is 0.848. The van der Waals surface area contributed by atoms with Gasteiger partial charge in [0, 0.05) is 25.7 Å². The standard InChI is InChI=1S/C12H20N4O/c1-4-17-12-10(3)11(14-8-15-12)16-6-5-13-9(2)7-16/h8-9,13H,4-7H2,1-3H3. The van der Waals surface area contributed by atoms with Crippen LogP contribution in [0.4, 0.5) is 5.82 Å². The second kappa shape index (κ2) is 5.31. The van der Waals surface area contributed by atoms with Crippen LogP contribution in [0.15, 0.2) is 6.33 Å². The minimum atomic E-state index is 0.494. The molecular formula is C12H20N4O. The van der Waals surface area contributed by atoms with Crippen molar-refractivity contribution in [2.24, 2.45) is 0 Å². The summed E-state index contributed by atoms with van der Waals surface area (Å²) in [5, 5.41) is 3.42. The van der Waals surface area contributed by atoms with Crippen LogP contribution in [0.2, 0.25) is 0 Å². The Labute approximate surface area is 102 Å². The second-order valence-corrected chi connectivity index (χ2v) is 4.36. The van der Waals surface area contributed by atoms with Gasteiger partial charge < -0.3 is 15.0 Å². The molecule has 2 heterocycles. The first-order chi connectivity index (χ1) is 8.22. The predicted octanol–water partition coefficient (Wildman–Crippen LogP) is 0.982. The lowest BCUT2D eigenvalue weighted by atomic mass is 10.2. The Morgan fingerprint density at radius 2 is 2.35 bits per heavy atom. The smallest absolute Gasteiger partial charge is 0.221 e. The molecule has 0 aliphatic carbocycles. The van der Waals surface area contributed by atoms with Crippen molar-refractivity contribution in [2.75, 3.05) is 31.1 Å². The van der Waals surface area contributed by atoms with Crippen LogP contribution < -0.4 is 15.0 Å². The van der Waals surface area contributed by atoms with Crippen molar-refractivity contribution in [2.45, 2.75) is 26.8 Å². The number of aromatic nitrogens is 2. The summed E-state index contributed by atoms with van der Waals surface area (Å²) in [6.07, 6.45) is 1.58. The summed E-state index contributed by atoms with van der Waals surface area (Å²) in [5.41, 5.74) is 1.03. The molecule has 2 rings (SSSR count). The lowest BCUT2D eigenvalue weighted by Crippen LogP contribution is -2.49. The number of nitrogens with zero attached hydrogens (tertiary/aromatic N) is 3. The van der Waals surface area contributed by atoms with E-state index in [1.807, 2.05) is 13.8 Å². The summed E-state index contributed by atoms with van der Waals surface area (Å²) >= 11 is 0. The van der Waals surface area contributed by atoms with Gasteiger partial charge in [-0.2, -0.15) is 0 Å². The van der Waals surface area contributed by atoms with Gasteiger partial charge in [0.1, 0.15) is 12.1 Å². The first-order valence-corrected chi connectivity index (χ1v) is 6.15. The minimum absolute atomic E-state index is 0.494. The molecule has 1 fully saturated rings. The van der Waals surface area contributed by atoms with Crippen LogP contribution in [0.3, 0.4) is 0 Å². The van der Waals surface area contributed by atoms with Gasteiger partial charge in [-0.15, -0.1) is 0 Å². The highest BCUT2D eigenvalue weighted by molar-refractivity contribution is 5.50. The number of rotatable bonds is 3. The normalized spacial score (nSPS) is 20.4. The van der Waals surface area contributed by atoms with E-state index >= 15 is 0 Å². The maximum Gasteiger partial charge on any atom is 0.221 e. The van der Waals surface area contributed by atoms with Crippen LogP contribution in [0, 0.1) is 6.92 Å². The molecule has 5 heteroatoms. The number of nitrogens with one attached hydrogen (secondary N) is 1. The molecule has 0 spiro atoms. The van der Waals surface area contributed by atoms with Crippen LogP contribution in [0.25, 0.3) is 0 Å². The maximum absolute atomic E-state index is 5.50. The third-order valence-electron chi connectivity index (χ3n) is 2.96. The van der Waals surface area contributed by atoms with Crippen LogP contribution in [-0.4, -0.2) is 42.3 Å². The average Bonchev–Trinajstić information content (AvgIpc) is 2.32. The van der Waals surface area contributed by atoms with Gasteiger partial charge in [0.25, 0.3) is 0 Å². The zero-order chi connectivity index (χ0) is 12.3. The molecule has 1 unspecified atom stereocenters. The Morgan fingerprint density at radius 1 is 1.53 bits per heavy atom. The van der Waals surface area contributed by atoms with Crippen LogP contribution >= 0.6 is 0 Å². The van der Waals surface area contributed by atoms with E-state index in [0.29, 0.717) is 18.5 Å². The first-order valence-electron chi connectivity index (χ1n) is 6.15. The van der Waals surface area contributed by atoms with Crippen LogP contribution in [0.1, 0.15) is 19.4 Å². The fourth-order valence-electron chi connectivity index (χ4n) is 2.15. The van der Waals surface area contributed by atoms with Gasteiger partial charge in [-0.1, -0.05) is 0 Å². The van der Waals surface area contributed by atoms with Crippen LogP contribution in [0.5, 0.6) is 5.88 Å². The zero-order valence-corrected chi connectivity index (χ0v) is 10.7. The molecule has 1 N–H and O–H groups in total. The predicted molar refractivity (Wildman–Crippen MR) is 67.6 cm³/mol. The third-order valence-corrected chi connectivity index (χ3v) is 2.96. The molecule has 5 nitrogen and oxygen atoms in total. The van der Waals surface area contributed by atoms with Crippen molar-refractivity contribution in [3.8, 4) is 5.88 Å². The highest BCUT2D eigenvalue weighted by Crippen LogP contribution is 2.24. The Morgan fingerprint density at radius 3 is 3.06 bits per heavy atom. The molecule has 0 radical (unpaired) electrons. The molecular weight excluding hydrogens is 216 g/mol. The summed E-state index contributed by atoms with van der Waals surface area (Å²) in [6.45, 7) is 9.76. The molecule has 1 saturated heterocycles. The molecule has 1 aromatic rings. The van der Waals surface area contributed by atoms with E-state index in [0.717, 1.165) is 31.0 Å². The monoisotopic (exact) mass is 236 g/mol. The molecule has 1 aliphatic heterocycles. The van der Waals surface area contributed by atoms with Gasteiger partial charge in [0.2, 0.25) is 5.88 Å². The Bertz CT molecular complexity index is 383. The molecule has 0 saturated carbocycles. The fourth-order valence-corrected chi connectivity index (χ4v) is 2.15. The van der Waals surface area contributed by atoms with Crippen molar-refractivity contribution in [1.82, 2.24) is 15.3 Å². The topological polar surface area (TPSA) is 50.3 Å². The molecule has 0 aromatic carbocycles. The number of anilines is 1. The van der Waals surface area contributed by atoms with Crippen molar-refractivity contribution < 1.29 is 4.74 Å². The largest absolute Gasteiger partial charge is 0.478 e. The van der Waals surface area contributed by atoms with E-state index in [9.17, 15) is 0 Å². The first kappa shape index (κ1) is 12.1. The lowest BCUT2D eigenvalue weighted by Gasteiger charge is -2.33. The summed E-state index contributed by atoms with van der Waals surface area (Å²) < 4.78 is 5.50. The van der Waals surface area contributed by atoms with Crippen molar-refractivity contribution in [1.29, 1.82) is 0 Å². The number of ether oxygens (including phenoxy) is 1. The molecule has 0 amide bonds. The molecule has 1 atom stereocenters. The lowest BCUT2D eigenvalue weighted by molar-refractivity contribution is 0.323. The zero-order valence-electron chi connectivity index (χ0n) is 10.7. The number of piperazine rings is 1. The van der Waals surface area contributed by atoms with Gasteiger partial charge >= 0.3 is 0 Å². The van der Waals surface area contributed by atoms with E-state index in [-0.39, 0.29) is 0 Å². The summed E-state index contributed by atoms with van der Waals surface area (Å²) in [5.74, 6) is 1.69. The van der Waals surface area contributed by atoms with Gasteiger partial charge in [0.15, 0.2) is 0 Å². The number of hydrogen-bond acceptors (Lipinski definition) is 5. The van der Waals surface area contributed by atoms with E-state index in [4.69, 9.17) is 4.74 Å². The molecule has 1 aromatic heterocycles. The Balaban J connectivity index is 2.22. The fraction of sp³-hybridized carbons (Fsp3) is 0.667. The van der Waals surface area contributed by atoms with E-state index in [1.54, 1.807) is 6.33 Å². The van der Waals surface area contributed by atoms with Crippen LogP contribution in [-0.2, 0) is 0 Å². The maximum atomic E-state index is 5.50. The minimum Gasteiger partial charge on any atom is -0.478 e. The highest BCUT2D eigenvalue weighted by atomic mass is 16.5. The average molecular weight is 236 g/mol. The Hall–Kier alpha value is -1.36. The van der Waals surface area contributed by atoms with Crippen molar-refractivity contribution in [3.63, 3.8) is 0 Å². The SMILES string of the molecule is CCOc1ncnc(N2CCNC(C)C2)c1C. The van der Waals surface area contributed by atoms with Gasteiger partial charge in [-0.3, -0.25) is 0 Å². The number of hydrogen-bond donors (Lipinski definition) is 1. The van der Waals surface area contributed by atoms with E-state index < -0.39 is 0 Å².